The number of rotatable bonds is 12. The molecule has 0 aliphatic heterocycles. The molecule has 1 saturated carbocycles. The van der Waals surface area contributed by atoms with Gasteiger partial charge < -0.3 is 15.0 Å². The van der Waals surface area contributed by atoms with Crippen molar-refractivity contribution in [2.24, 2.45) is 0 Å². The maximum atomic E-state index is 14.1. The Bertz CT molecular complexity index is 1480. The van der Waals surface area contributed by atoms with E-state index in [0.717, 1.165) is 46.4 Å². The molecule has 8 nitrogen and oxygen atoms in total. The Hall–Kier alpha value is -3.08. The van der Waals surface area contributed by atoms with E-state index in [1.54, 1.807) is 67.6 Å². The van der Waals surface area contributed by atoms with Gasteiger partial charge in [0.15, 0.2) is 0 Å². The van der Waals surface area contributed by atoms with Gasteiger partial charge >= 0.3 is 0 Å². The molecule has 0 heterocycles. The van der Waals surface area contributed by atoms with Crippen LogP contribution in [0.25, 0.3) is 0 Å². The summed E-state index contributed by atoms with van der Waals surface area (Å²) in [5.41, 5.74) is 1.06. The lowest BCUT2D eigenvalue weighted by atomic mass is 9.95. The van der Waals surface area contributed by atoms with Crippen molar-refractivity contribution in [2.75, 3.05) is 17.5 Å². The minimum Gasteiger partial charge on any atom is -0.494 e. The summed E-state index contributed by atoms with van der Waals surface area (Å²) < 4.78 is 35.3. The zero-order valence-corrected chi connectivity index (χ0v) is 27.5. The molecule has 3 aromatic rings. The van der Waals surface area contributed by atoms with Gasteiger partial charge in [0.25, 0.3) is 10.0 Å². The first-order chi connectivity index (χ1) is 20.6. The zero-order chi connectivity index (χ0) is 31.0. The van der Waals surface area contributed by atoms with Crippen molar-refractivity contribution in [3.05, 3.63) is 87.9 Å². The molecule has 43 heavy (non-hydrogen) atoms. The Labute approximate surface area is 267 Å². The Kier molecular flexibility index (Phi) is 11.5. The normalized spacial score (nSPS) is 14.5. The first-order valence-corrected chi connectivity index (χ1v) is 17.0. The summed E-state index contributed by atoms with van der Waals surface area (Å²) in [6.45, 7) is 3.58. The summed E-state index contributed by atoms with van der Waals surface area (Å²) >= 11 is 9.44. The smallest absolute Gasteiger partial charge is 0.264 e. The molecule has 0 bridgehead atoms. The molecule has 1 atom stereocenters. The van der Waals surface area contributed by atoms with Gasteiger partial charge in [-0.2, -0.15) is 0 Å². The third-order valence-corrected chi connectivity index (χ3v) is 10.1. The Morgan fingerprint density at radius 3 is 2.21 bits per heavy atom. The fraction of sp³-hybridized carbons (Fsp3) is 0.375. The number of hydrogen-bond acceptors (Lipinski definition) is 5. The van der Waals surface area contributed by atoms with Crippen molar-refractivity contribution >= 4 is 55.1 Å². The van der Waals surface area contributed by atoms with Crippen molar-refractivity contribution in [1.82, 2.24) is 10.2 Å². The largest absolute Gasteiger partial charge is 0.494 e. The predicted octanol–water partition coefficient (Wildman–Crippen LogP) is 6.56. The van der Waals surface area contributed by atoms with Crippen LogP contribution in [0.5, 0.6) is 5.75 Å². The highest BCUT2D eigenvalue weighted by Gasteiger charge is 2.33. The minimum atomic E-state index is -4.17. The third kappa shape index (κ3) is 8.74. The molecular formula is C32H37BrClN3O5S. The average Bonchev–Trinajstić information content (AvgIpc) is 3.00. The van der Waals surface area contributed by atoms with E-state index in [2.05, 4.69) is 21.2 Å². The number of carbonyl (C=O) groups is 2. The fourth-order valence-electron chi connectivity index (χ4n) is 5.08. The highest BCUT2D eigenvalue weighted by atomic mass is 79.9. The van der Waals surface area contributed by atoms with E-state index in [9.17, 15) is 18.0 Å². The van der Waals surface area contributed by atoms with Gasteiger partial charge in [0, 0.05) is 22.1 Å². The second kappa shape index (κ2) is 15.1. The average molecular weight is 691 g/mol. The molecule has 0 aromatic heterocycles. The van der Waals surface area contributed by atoms with Gasteiger partial charge in [-0.25, -0.2) is 8.42 Å². The van der Waals surface area contributed by atoms with E-state index < -0.39 is 28.5 Å². The summed E-state index contributed by atoms with van der Waals surface area (Å²) in [4.78, 5) is 29.0. The van der Waals surface area contributed by atoms with E-state index in [-0.39, 0.29) is 23.4 Å². The summed E-state index contributed by atoms with van der Waals surface area (Å²) in [5, 5.41) is 3.66. The Morgan fingerprint density at radius 1 is 0.977 bits per heavy atom. The molecule has 0 saturated heterocycles. The predicted molar refractivity (Wildman–Crippen MR) is 173 cm³/mol. The van der Waals surface area contributed by atoms with Gasteiger partial charge in [-0.1, -0.05) is 58.9 Å². The number of halogens is 2. The fourth-order valence-corrected chi connectivity index (χ4v) is 6.88. The zero-order valence-electron chi connectivity index (χ0n) is 24.3. The molecule has 0 unspecified atom stereocenters. The van der Waals surface area contributed by atoms with Gasteiger partial charge in [-0.15, -0.1) is 0 Å². The van der Waals surface area contributed by atoms with Crippen molar-refractivity contribution in [1.29, 1.82) is 0 Å². The number of hydrogen-bond donors (Lipinski definition) is 1. The van der Waals surface area contributed by atoms with Gasteiger partial charge in [0.05, 0.1) is 17.2 Å². The van der Waals surface area contributed by atoms with Crippen molar-refractivity contribution < 1.29 is 22.7 Å². The van der Waals surface area contributed by atoms with E-state index in [4.69, 9.17) is 16.3 Å². The highest BCUT2D eigenvalue weighted by Crippen LogP contribution is 2.28. The van der Waals surface area contributed by atoms with E-state index in [1.807, 2.05) is 6.92 Å². The number of nitrogens with one attached hydrogen (secondary N) is 1. The lowest BCUT2D eigenvalue weighted by Crippen LogP contribution is -2.53. The van der Waals surface area contributed by atoms with Crippen LogP contribution >= 0.6 is 27.5 Å². The number of ether oxygens (including phenoxy) is 1. The van der Waals surface area contributed by atoms with Crippen molar-refractivity contribution in [3.8, 4) is 5.75 Å². The molecule has 1 fully saturated rings. The van der Waals surface area contributed by atoms with E-state index in [1.165, 1.54) is 17.0 Å². The molecule has 4 rings (SSSR count). The van der Waals surface area contributed by atoms with Crippen LogP contribution in [0.1, 0.15) is 51.5 Å². The maximum absolute atomic E-state index is 14.1. The first-order valence-electron chi connectivity index (χ1n) is 14.4. The highest BCUT2D eigenvalue weighted by molar-refractivity contribution is 9.10. The SMILES string of the molecule is CCOc1ccc(N(CC(=O)N(Cc2ccc(Cl)cc2)[C@@H](C)C(=O)NC2CCCCC2)S(=O)(=O)c2ccc(Br)cc2)cc1. The summed E-state index contributed by atoms with van der Waals surface area (Å²) in [6, 6.07) is 19.0. The standard InChI is InChI=1S/C32H37BrClN3O5S/c1-3-42-29-17-15-28(16-18-29)37(43(40,41)30-19-11-25(33)12-20-30)22-31(38)36(21-24-9-13-26(34)14-10-24)23(2)32(39)35-27-7-5-4-6-8-27/h9-20,23,27H,3-8,21-22H2,1-2H3,(H,35,39)/t23-/m0/s1. The molecule has 11 heteroatoms. The molecule has 230 valence electrons. The molecule has 0 spiro atoms. The maximum Gasteiger partial charge on any atom is 0.264 e. The third-order valence-electron chi connectivity index (χ3n) is 7.50. The number of anilines is 1. The minimum absolute atomic E-state index is 0.0322. The van der Waals surface area contributed by atoms with Crippen LogP contribution in [0.15, 0.2) is 82.2 Å². The molecular weight excluding hydrogens is 654 g/mol. The van der Waals surface area contributed by atoms with E-state index >= 15 is 0 Å². The van der Waals surface area contributed by atoms with Gasteiger partial charge in [-0.05, 0) is 92.9 Å². The number of amides is 2. The number of benzene rings is 3. The van der Waals surface area contributed by atoms with Crippen molar-refractivity contribution in [3.63, 3.8) is 0 Å². The van der Waals surface area contributed by atoms with Gasteiger partial charge in [0.1, 0.15) is 18.3 Å². The number of nitrogens with zero attached hydrogens (tertiary/aromatic N) is 2. The summed E-state index contributed by atoms with van der Waals surface area (Å²) in [6.07, 6.45) is 5.06. The summed E-state index contributed by atoms with van der Waals surface area (Å²) in [7, 11) is -4.17. The summed E-state index contributed by atoms with van der Waals surface area (Å²) in [5.74, 6) is -0.204. The second-order valence-electron chi connectivity index (χ2n) is 10.6. The molecule has 1 N–H and O–H groups in total. The molecule has 0 radical (unpaired) electrons. The van der Waals surface area contributed by atoms with Crippen LogP contribution in [-0.4, -0.2) is 50.4 Å². The van der Waals surface area contributed by atoms with Gasteiger partial charge in [0.2, 0.25) is 11.8 Å². The number of carbonyl (C=O) groups excluding carboxylic acids is 2. The Balaban J connectivity index is 1.67. The topological polar surface area (TPSA) is 96.0 Å². The molecule has 3 aromatic carbocycles. The van der Waals surface area contributed by atoms with Crippen LogP contribution in [0.3, 0.4) is 0 Å². The second-order valence-corrected chi connectivity index (χ2v) is 13.8. The van der Waals surface area contributed by atoms with Crippen LogP contribution in [0.2, 0.25) is 5.02 Å². The van der Waals surface area contributed by atoms with E-state index in [0.29, 0.717) is 23.1 Å². The van der Waals surface area contributed by atoms with Crippen molar-refractivity contribution in [2.45, 2.75) is 69.5 Å². The number of sulfonamides is 1. The quantitative estimate of drug-likeness (QED) is 0.232. The Morgan fingerprint density at radius 2 is 1.60 bits per heavy atom. The van der Waals surface area contributed by atoms with Crippen LogP contribution in [0.4, 0.5) is 5.69 Å². The van der Waals surface area contributed by atoms with Gasteiger partial charge in [-0.3, -0.25) is 13.9 Å². The van der Waals surface area contributed by atoms with Crippen LogP contribution in [-0.2, 0) is 26.2 Å². The first kappa shape index (κ1) is 32.8. The molecule has 1 aliphatic carbocycles. The lowest BCUT2D eigenvalue weighted by Gasteiger charge is -2.33. The van der Waals surface area contributed by atoms with Crippen LogP contribution in [0, 0.1) is 0 Å². The lowest BCUT2D eigenvalue weighted by molar-refractivity contribution is -0.139. The molecule has 1 aliphatic rings. The molecule has 2 amide bonds. The monoisotopic (exact) mass is 689 g/mol. The van der Waals surface area contributed by atoms with Crippen LogP contribution < -0.4 is 14.4 Å².